The summed E-state index contributed by atoms with van der Waals surface area (Å²) in [5.74, 6) is -0.807. The van der Waals surface area contributed by atoms with Gasteiger partial charge in [-0.3, -0.25) is 54.4 Å². The molecule has 0 aliphatic carbocycles. The first-order valence-electron chi connectivity index (χ1n) is 16.1. The van der Waals surface area contributed by atoms with Crippen molar-refractivity contribution >= 4 is 74.8 Å². The van der Waals surface area contributed by atoms with Gasteiger partial charge >= 0.3 is 11.6 Å². The number of benzene rings is 3. The minimum absolute atomic E-state index is 0.0551. The molecule has 6 rings (SSSR count). The second-order valence-electron chi connectivity index (χ2n) is 12.0. The van der Waals surface area contributed by atoms with E-state index in [1.165, 1.54) is 41.2 Å². The molecule has 61 heavy (non-hydrogen) atoms. The largest absolute Gasteiger partial charge is 0.493 e. The third-order valence-electron chi connectivity index (χ3n) is 7.70. The van der Waals surface area contributed by atoms with Crippen LogP contribution in [0.5, 0.6) is 0 Å². The van der Waals surface area contributed by atoms with Crippen LogP contribution in [-0.2, 0) is 40.5 Å². The van der Waals surface area contributed by atoms with Crippen molar-refractivity contribution in [2.24, 2.45) is 15.0 Å². The average molecular weight is 920 g/mol. The number of rotatable bonds is 11. The molecular weight excluding hydrogens is 893 g/mol. The van der Waals surface area contributed by atoms with Gasteiger partial charge in [0.1, 0.15) is 14.7 Å². The first kappa shape index (κ1) is 43.3. The quantitative estimate of drug-likeness (QED) is 0.0330. The van der Waals surface area contributed by atoms with Crippen molar-refractivity contribution in [3.05, 3.63) is 113 Å². The summed E-state index contributed by atoms with van der Waals surface area (Å²) in [7, 11) is -20.0. The number of aromatic amines is 5. The number of aliphatic hydroxyl groups is 1. The SMILES string of the molecule is N=C(O)c1ccc[n+](-c2nc(=N)[nH]c(=Nc3ccc(Nc4ccc(N=c5[nH]c(=N)[nH]c(=Nc6cc(S(=O)(=O)O)ccc6S(=O)(=O)O)[nH]5)cc4S(=O)(=O)O)cc3S(=O)(=O)O)[nH]2)c1. The maximum atomic E-state index is 12.5. The Balaban J connectivity index is 1.39. The number of H-pyrrole nitrogens is 5. The van der Waals surface area contributed by atoms with E-state index in [9.17, 15) is 57.0 Å². The number of aliphatic hydroxyl groups excluding tert-OH is 1. The molecule has 0 atom stereocenters. The van der Waals surface area contributed by atoms with Crippen LogP contribution < -0.4 is 38.0 Å². The van der Waals surface area contributed by atoms with E-state index < -0.39 is 88.5 Å². The van der Waals surface area contributed by atoms with E-state index in [4.69, 9.17) is 16.2 Å². The molecule has 0 unspecified atom stereocenters. The fraction of sp³-hybridized carbons (Fsp3) is 0. The molecule has 0 aliphatic rings. The molecule has 0 spiro atoms. The first-order valence-corrected chi connectivity index (χ1v) is 21.9. The Bertz CT molecular complexity index is 3610. The summed E-state index contributed by atoms with van der Waals surface area (Å²) in [6.07, 6.45) is 2.77. The van der Waals surface area contributed by atoms with Crippen molar-refractivity contribution in [2.75, 3.05) is 5.32 Å². The van der Waals surface area contributed by atoms with Crippen LogP contribution in [0.1, 0.15) is 5.56 Å². The van der Waals surface area contributed by atoms with Gasteiger partial charge in [0.05, 0.1) is 45.6 Å². The van der Waals surface area contributed by atoms with E-state index in [1.807, 2.05) is 0 Å². The zero-order valence-electron chi connectivity index (χ0n) is 29.9. The van der Waals surface area contributed by atoms with Crippen LogP contribution in [-0.4, -0.2) is 92.8 Å². The Kier molecular flexibility index (Phi) is 11.4. The van der Waals surface area contributed by atoms with Gasteiger partial charge in [-0.25, -0.2) is 19.5 Å². The predicted molar refractivity (Wildman–Crippen MR) is 203 cm³/mol. The zero-order valence-corrected chi connectivity index (χ0v) is 33.1. The van der Waals surface area contributed by atoms with Gasteiger partial charge in [0.15, 0.2) is 0 Å². The van der Waals surface area contributed by atoms with Crippen LogP contribution in [0.3, 0.4) is 0 Å². The molecule has 0 saturated heterocycles. The number of pyridine rings is 1. The Morgan fingerprint density at radius 1 is 0.656 bits per heavy atom. The molecule has 318 valence electrons. The third kappa shape index (κ3) is 10.5. The molecule has 0 bridgehead atoms. The summed E-state index contributed by atoms with van der Waals surface area (Å²) in [6, 6.07) is 11.2. The fourth-order valence-electron chi connectivity index (χ4n) is 5.17. The lowest BCUT2D eigenvalue weighted by Gasteiger charge is -2.12. The highest BCUT2D eigenvalue weighted by atomic mass is 32.2. The average Bonchev–Trinajstić information content (AvgIpc) is 3.14. The van der Waals surface area contributed by atoms with E-state index in [0.29, 0.717) is 18.2 Å². The molecule has 0 radical (unpaired) electrons. The maximum Gasteiger partial charge on any atom is 0.407 e. The summed E-state index contributed by atoms with van der Waals surface area (Å²) in [4.78, 5) is 25.2. The van der Waals surface area contributed by atoms with Crippen molar-refractivity contribution in [2.45, 2.75) is 19.6 Å². The third-order valence-corrected chi connectivity index (χ3v) is 11.2. The second kappa shape index (κ2) is 16.1. The normalized spacial score (nSPS) is 13.3. The molecule has 27 nitrogen and oxygen atoms in total. The van der Waals surface area contributed by atoms with E-state index in [0.717, 1.165) is 24.3 Å². The number of aromatic nitrogens is 7. The second-order valence-corrected chi connectivity index (χ2v) is 17.6. The monoisotopic (exact) mass is 919 g/mol. The van der Waals surface area contributed by atoms with E-state index >= 15 is 0 Å². The van der Waals surface area contributed by atoms with Gasteiger partial charge in [0, 0.05) is 5.69 Å². The number of anilines is 2. The van der Waals surface area contributed by atoms with E-state index in [2.05, 4.69) is 50.2 Å². The molecule has 31 heteroatoms. The van der Waals surface area contributed by atoms with Crippen LogP contribution >= 0.6 is 0 Å². The highest BCUT2D eigenvalue weighted by molar-refractivity contribution is 7.86. The lowest BCUT2D eigenvalue weighted by Crippen LogP contribution is -2.40. The summed E-state index contributed by atoms with van der Waals surface area (Å²) >= 11 is 0. The van der Waals surface area contributed by atoms with Crippen LogP contribution in [0.15, 0.2) is 114 Å². The van der Waals surface area contributed by atoms with Crippen molar-refractivity contribution in [1.82, 2.24) is 29.9 Å². The molecule has 6 aromatic rings. The standard InChI is InChI=1S/C30H26N14O13S4/c31-24(45)14-2-1-9-44(13-14)30-41-26(33)40-29(43-30)36-19-7-3-15(10-23(19)61(55,56)57)34-18-6-4-16(11-22(18)60(52,53)54)35-27-38-25(32)39-28(42-27)37-20-12-17(58(46,47)48)5-8-21(20)59(49,50)51/h1-13,34H,(H12-,31,32,33,35,36,37,38,39,40,41,42,43,45,46,47,48,49,50,51,52,53,54,55,56,57)/p+1. The Labute approximate surface area is 339 Å². The summed E-state index contributed by atoms with van der Waals surface area (Å²) < 4.78 is 138. The minimum Gasteiger partial charge on any atom is -0.493 e. The van der Waals surface area contributed by atoms with Crippen molar-refractivity contribution in [3.63, 3.8) is 0 Å². The summed E-state index contributed by atoms with van der Waals surface area (Å²) in [5, 5.41) is 35.7. The van der Waals surface area contributed by atoms with Gasteiger partial charge in [0.2, 0.25) is 22.8 Å². The van der Waals surface area contributed by atoms with Crippen LogP contribution in [0.4, 0.5) is 28.4 Å². The van der Waals surface area contributed by atoms with Gasteiger partial charge < -0.3 is 10.4 Å². The molecule has 0 saturated carbocycles. The molecular formula is C30H27N14O13S4+. The molecule has 3 aromatic heterocycles. The molecule has 0 aliphatic heterocycles. The zero-order chi connectivity index (χ0) is 44.7. The molecule has 14 N–H and O–H groups in total. The fourth-order valence-corrected chi connectivity index (χ4v) is 7.60. The first-order chi connectivity index (χ1) is 28.3. The Morgan fingerprint density at radius 2 is 1.30 bits per heavy atom. The predicted octanol–water partition coefficient (Wildman–Crippen LogP) is -0.731. The van der Waals surface area contributed by atoms with Gasteiger partial charge in [-0.2, -0.15) is 38.7 Å². The van der Waals surface area contributed by atoms with Crippen molar-refractivity contribution in [1.29, 1.82) is 16.2 Å². The highest BCUT2D eigenvalue weighted by Gasteiger charge is 2.22. The lowest BCUT2D eigenvalue weighted by atomic mass is 10.2. The smallest absolute Gasteiger partial charge is 0.407 e. The van der Waals surface area contributed by atoms with Gasteiger partial charge in [-0.15, -0.1) is 0 Å². The van der Waals surface area contributed by atoms with Gasteiger partial charge in [-0.1, -0.05) is 0 Å². The number of nitrogens with one attached hydrogen (secondary N) is 9. The summed E-state index contributed by atoms with van der Waals surface area (Å²) in [6.45, 7) is 0. The van der Waals surface area contributed by atoms with Crippen molar-refractivity contribution < 1.29 is 61.6 Å². The molecule has 0 amide bonds. The highest BCUT2D eigenvalue weighted by Crippen LogP contribution is 2.33. The lowest BCUT2D eigenvalue weighted by molar-refractivity contribution is -0.604. The number of hydrogen-bond donors (Lipinski definition) is 14. The van der Waals surface area contributed by atoms with Crippen LogP contribution in [0.2, 0.25) is 0 Å². The Morgan fingerprint density at radius 3 is 1.93 bits per heavy atom. The topological polar surface area (TPSA) is 454 Å². The maximum absolute atomic E-state index is 12.5. The van der Waals surface area contributed by atoms with Crippen LogP contribution in [0, 0.1) is 16.2 Å². The molecule has 3 heterocycles. The van der Waals surface area contributed by atoms with Crippen molar-refractivity contribution in [3.8, 4) is 5.95 Å². The van der Waals surface area contributed by atoms with Crippen LogP contribution in [0.25, 0.3) is 5.95 Å². The molecule has 3 aromatic carbocycles. The number of hydrogen-bond acceptors (Lipinski definition) is 16. The van der Waals surface area contributed by atoms with E-state index in [1.54, 1.807) is 0 Å². The van der Waals surface area contributed by atoms with E-state index in [-0.39, 0.29) is 45.5 Å². The minimum atomic E-state index is -5.09. The van der Waals surface area contributed by atoms with Gasteiger partial charge in [0.25, 0.3) is 46.1 Å². The Hall–Kier alpha value is -7.26. The van der Waals surface area contributed by atoms with Gasteiger partial charge in [-0.05, 0) is 71.7 Å². The molecule has 0 fully saturated rings. The summed E-state index contributed by atoms with van der Waals surface area (Å²) in [5.41, 5.74) is -3.83. The number of nitrogens with zero attached hydrogens (tertiary/aromatic N) is 5.